The van der Waals surface area contributed by atoms with Crippen LogP contribution in [0.1, 0.15) is 27.2 Å². The number of halogens is 1. The fourth-order valence-electron chi connectivity index (χ4n) is 6.95. The van der Waals surface area contributed by atoms with Gasteiger partial charge in [0.2, 0.25) is 17.7 Å². The van der Waals surface area contributed by atoms with Gasteiger partial charge in [-0.1, -0.05) is 47.1 Å². The van der Waals surface area contributed by atoms with Gasteiger partial charge < -0.3 is 25.4 Å². The molecule has 4 heterocycles. The molecule has 11 nitrogen and oxygen atoms in total. The smallest absolute Gasteiger partial charge is 0.245 e. The molecule has 228 valence electrons. The highest BCUT2D eigenvalue weighted by Gasteiger charge is 2.76. The van der Waals surface area contributed by atoms with Gasteiger partial charge in [0, 0.05) is 15.8 Å². The van der Waals surface area contributed by atoms with E-state index < -0.39 is 28.7 Å². The Bertz CT molecular complexity index is 1530. The quantitative estimate of drug-likeness (QED) is 0.280. The number of likely N-dealkylation sites (tertiary alicyclic amines) is 1. The van der Waals surface area contributed by atoms with Crippen molar-refractivity contribution >= 4 is 62.1 Å². The number of aliphatic hydroxyl groups excluding tert-OH is 1. The van der Waals surface area contributed by atoms with Crippen LogP contribution >= 0.6 is 27.7 Å². The average molecular weight is 672 g/mol. The molecule has 2 bridgehead atoms. The number of aromatic nitrogens is 3. The summed E-state index contributed by atoms with van der Waals surface area (Å²) in [6, 6.07) is 13.1. The summed E-state index contributed by atoms with van der Waals surface area (Å²) in [5, 5.41) is 24.6. The molecule has 1 spiro atoms. The largest absolute Gasteiger partial charge is 0.494 e. The molecule has 2 aromatic carbocycles. The van der Waals surface area contributed by atoms with E-state index >= 15 is 0 Å². The third-order valence-corrected chi connectivity index (χ3v) is 12.1. The Morgan fingerprint density at radius 1 is 1.19 bits per heavy atom. The van der Waals surface area contributed by atoms with Gasteiger partial charge in [0.15, 0.2) is 0 Å². The number of amides is 3. The fraction of sp³-hybridized carbons (Fsp3) is 0.500. The van der Waals surface area contributed by atoms with Crippen molar-refractivity contribution in [3.63, 3.8) is 0 Å². The minimum Gasteiger partial charge on any atom is -0.494 e. The van der Waals surface area contributed by atoms with Crippen LogP contribution in [0.3, 0.4) is 0 Å². The number of para-hydroxylation sites is 1. The van der Waals surface area contributed by atoms with Gasteiger partial charge >= 0.3 is 0 Å². The van der Waals surface area contributed by atoms with Crippen LogP contribution in [0.2, 0.25) is 0 Å². The van der Waals surface area contributed by atoms with E-state index in [1.54, 1.807) is 45.6 Å². The Labute approximate surface area is 262 Å². The molecule has 3 unspecified atom stereocenters. The number of hydrogen-bond acceptors (Lipinski definition) is 8. The van der Waals surface area contributed by atoms with Crippen LogP contribution in [0.25, 0.3) is 11.0 Å². The van der Waals surface area contributed by atoms with Crippen molar-refractivity contribution in [2.45, 2.75) is 60.8 Å². The van der Waals surface area contributed by atoms with Crippen LogP contribution in [0.4, 0.5) is 5.69 Å². The maximum atomic E-state index is 14.4. The number of alkyl halides is 1. The molecule has 6 rings (SSSR count). The minimum atomic E-state index is -0.877. The molecule has 3 amide bonds. The van der Waals surface area contributed by atoms with Crippen molar-refractivity contribution in [3.8, 4) is 5.75 Å². The third-order valence-electron chi connectivity index (χ3n) is 8.85. The van der Waals surface area contributed by atoms with Crippen molar-refractivity contribution in [2.75, 3.05) is 18.5 Å². The number of fused-ring (bicyclic) bond motifs is 2. The number of carbonyl (C=O) groups excluding carboxylic acids is 3. The Morgan fingerprint density at radius 2 is 1.93 bits per heavy atom. The van der Waals surface area contributed by atoms with E-state index in [0.717, 1.165) is 5.52 Å². The number of ether oxygens (including phenoxy) is 1. The first-order chi connectivity index (χ1) is 20.7. The zero-order valence-corrected chi connectivity index (χ0v) is 26.5. The van der Waals surface area contributed by atoms with Gasteiger partial charge in [-0.2, -0.15) is 0 Å². The predicted molar refractivity (Wildman–Crippen MR) is 167 cm³/mol. The topological polar surface area (TPSA) is 139 Å². The molecule has 1 aromatic heterocycles. The van der Waals surface area contributed by atoms with Gasteiger partial charge in [0.1, 0.15) is 24.0 Å². The molecular formula is C30H35BrN6O5S. The predicted octanol–water partition coefficient (Wildman–Crippen LogP) is 3.02. The Balaban J connectivity index is 1.31. The molecule has 0 saturated carbocycles. The average Bonchev–Trinajstić information content (AvgIpc) is 3.71. The summed E-state index contributed by atoms with van der Waals surface area (Å²) in [4.78, 5) is 43.9. The number of aliphatic hydroxyl groups is 1. The van der Waals surface area contributed by atoms with Crippen LogP contribution in [0, 0.1) is 17.8 Å². The first kappa shape index (κ1) is 29.9. The first-order valence-electron chi connectivity index (χ1n) is 14.5. The number of carbonyl (C=O) groups is 3. The van der Waals surface area contributed by atoms with E-state index in [1.165, 1.54) is 0 Å². The molecule has 3 aliphatic heterocycles. The van der Waals surface area contributed by atoms with E-state index in [9.17, 15) is 19.5 Å². The summed E-state index contributed by atoms with van der Waals surface area (Å²) >= 11 is 5.35. The monoisotopic (exact) mass is 670 g/mol. The van der Waals surface area contributed by atoms with Crippen LogP contribution < -0.4 is 15.4 Å². The molecule has 0 aliphatic carbocycles. The van der Waals surface area contributed by atoms with Gasteiger partial charge in [-0.15, -0.1) is 16.9 Å². The molecule has 3 N–H and O–H groups in total. The fourth-order valence-corrected chi connectivity index (χ4v) is 10.6. The number of anilines is 1. The lowest BCUT2D eigenvalue weighted by Gasteiger charge is -2.38. The van der Waals surface area contributed by atoms with Gasteiger partial charge in [-0.25, -0.2) is 4.68 Å². The molecular weight excluding hydrogens is 636 g/mol. The molecule has 43 heavy (non-hydrogen) atoms. The SMILES string of the molecule is CCOc1ccc(NC(=O)[C@H]2[C@H]3C(=O)N([C@@H](CO)C(C)C)C(C(=O)NCn4nnc5ccccc54)C34CC(Br)[C@@H]2S4)cc1. The summed E-state index contributed by atoms with van der Waals surface area (Å²) in [5.41, 5.74) is 2.09. The molecule has 3 saturated heterocycles. The second kappa shape index (κ2) is 11.7. The zero-order valence-electron chi connectivity index (χ0n) is 24.1. The van der Waals surface area contributed by atoms with Crippen molar-refractivity contribution < 1.29 is 24.2 Å². The van der Waals surface area contributed by atoms with E-state index in [4.69, 9.17) is 4.74 Å². The van der Waals surface area contributed by atoms with Gasteiger partial charge in [0.05, 0.1) is 41.4 Å². The second-order valence-electron chi connectivity index (χ2n) is 11.6. The Hall–Kier alpha value is -3.16. The Morgan fingerprint density at radius 3 is 2.63 bits per heavy atom. The highest BCUT2D eigenvalue weighted by atomic mass is 79.9. The summed E-state index contributed by atoms with van der Waals surface area (Å²) < 4.78 is 6.28. The standard InChI is InChI=1S/C30H35BrN6O5S/c1-4-42-18-11-9-17(10-12-18)33-27(39)23-24-29(41)37(22(14-38)16(2)3)26(30(24)13-19(31)25(23)43-30)28(40)32-15-36-21-8-6-5-7-20(21)34-35-36/h5-12,16,19,22-26,38H,4,13-15H2,1-3H3,(H,32,40)(H,33,39)/t19?,22-,23-,24-,25-,26?,30?/m0/s1. The summed E-state index contributed by atoms with van der Waals surface area (Å²) in [6.45, 7) is 6.06. The summed E-state index contributed by atoms with van der Waals surface area (Å²) in [5.74, 6) is -1.64. The number of nitrogens with one attached hydrogen (secondary N) is 2. The van der Waals surface area contributed by atoms with E-state index in [1.807, 2.05) is 45.0 Å². The van der Waals surface area contributed by atoms with Crippen LogP contribution in [-0.2, 0) is 21.1 Å². The highest BCUT2D eigenvalue weighted by Crippen LogP contribution is 2.68. The van der Waals surface area contributed by atoms with E-state index in [2.05, 4.69) is 36.9 Å². The number of benzene rings is 2. The lowest BCUT2D eigenvalue weighted by atomic mass is 9.70. The zero-order chi connectivity index (χ0) is 30.5. The summed E-state index contributed by atoms with van der Waals surface area (Å²) in [7, 11) is 0. The van der Waals surface area contributed by atoms with Crippen LogP contribution in [-0.4, -0.2) is 82.8 Å². The Kier molecular flexibility index (Phi) is 8.16. The van der Waals surface area contributed by atoms with E-state index in [0.29, 0.717) is 30.0 Å². The highest BCUT2D eigenvalue weighted by molar-refractivity contribution is 9.09. The molecule has 13 heteroatoms. The third kappa shape index (κ3) is 4.98. The van der Waals surface area contributed by atoms with Gasteiger partial charge in [-0.3, -0.25) is 14.4 Å². The van der Waals surface area contributed by atoms with Gasteiger partial charge in [0.25, 0.3) is 0 Å². The normalized spacial score (nSPS) is 28.4. The van der Waals surface area contributed by atoms with Crippen molar-refractivity contribution in [1.29, 1.82) is 0 Å². The molecule has 3 aromatic rings. The maximum Gasteiger partial charge on any atom is 0.245 e. The van der Waals surface area contributed by atoms with Crippen LogP contribution in [0.5, 0.6) is 5.75 Å². The number of hydrogen-bond donors (Lipinski definition) is 3. The molecule has 3 fully saturated rings. The number of thioether (sulfide) groups is 1. The van der Waals surface area contributed by atoms with Crippen molar-refractivity contribution in [1.82, 2.24) is 25.2 Å². The summed E-state index contributed by atoms with van der Waals surface area (Å²) in [6.07, 6.45) is 0.544. The lowest BCUT2D eigenvalue weighted by Crippen LogP contribution is -2.58. The van der Waals surface area contributed by atoms with Crippen LogP contribution in [0.15, 0.2) is 48.5 Å². The lowest BCUT2D eigenvalue weighted by molar-refractivity contribution is -0.143. The number of rotatable bonds is 10. The van der Waals surface area contributed by atoms with Gasteiger partial charge in [-0.05, 0) is 55.7 Å². The van der Waals surface area contributed by atoms with E-state index in [-0.39, 0.29) is 47.0 Å². The first-order valence-corrected chi connectivity index (χ1v) is 16.3. The van der Waals surface area contributed by atoms with Crippen molar-refractivity contribution in [2.24, 2.45) is 17.8 Å². The molecule has 0 radical (unpaired) electrons. The minimum absolute atomic E-state index is 0.0670. The second-order valence-corrected chi connectivity index (χ2v) is 14.3. The number of nitrogens with zero attached hydrogens (tertiary/aromatic N) is 4. The van der Waals surface area contributed by atoms with Crippen molar-refractivity contribution in [3.05, 3.63) is 48.5 Å². The maximum absolute atomic E-state index is 14.4. The molecule has 3 aliphatic rings. The molecule has 7 atom stereocenters.